The summed E-state index contributed by atoms with van der Waals surface area (Å²) in [5.41, 5.74) is 5.14. The molecule has 3 heterocycles. The second-order valence-electron chi connectivity index (χ2n) is 5.69. The molecule has 1 fully saturated rings. The molecule has 1 aromatic rings. The summed E-state index contributed by atoms with van der Waals surface area (Å²) in [4.78, 5) is 47.2. The predicted molar refractivity (Wildman–Crippen MR) is 111 cm³/mol. The maximum atomic E-state index is 12.7. The molecule has 0 spiro atoms. The lowest BCUT2D eigenvalue weighted by Crippen LogP contribution is -2.71. The second kappa shape index (κ2) is 9.46. The van der Waals surface area contributed by atoms with Crippen molar-refractivity contribution in [2.24, 2.45) is 5.16 Å². The molecule has 160 valence electrons. The van der Waals surface area contributed by atoms with Gasteiger partial charge < -0.3 is 26.1 Å². The third-order valence-corrected chi connectivity index (χ3v) is 6.84. The number of β-lactam (4-membered cyclic amide) rings is 1. The summed E-state index contributed by atoms with van der Waals surface area (Å²) in [5.74, 6) is -2.28. The minimum absolute atomic E-state index is 0.0442. The lowest BCUT2D eigenvalue weighted by atomic mass is 10.0. The molecule has 2 amide bonds. The molecule has 0 radical (unpaired) electrons. The van der Waals surface area contributed by atoms with Crippen LogP contribution in [0, 0.1) is 0 Å². The first-order valence-electron chi connectivity index (χ1n) is 8.24. The molecule has 0 aliphatic carbocycles. The van der Waals surface area contributed by atoms with Crippen molar-refractivity contribution in [3.05, 3.63) is 27.9 Å². The zero-order valence-electron chi connectivity index (χ0n) is 15.3. The number of anilines is 1. The summed E-state index contributed by atoms with van der Waals surface area (Å²) in [6.07, 6.45) is 1.46. The Balaban J connectivity index is 1.77. The minimum atomic E-state index is -1.25. The fraction of sp³-hybridized carbons (Fsp3) is 0.333. The topological polar surface area (TPSA) is 180 Å². The molecule has 15 heteroatoms. The van der Waals surface area contributed by atoms with E-state index < -0.39 is 29.2 Å². The van der Waals surface area contributed by atoms with E-state index in [4.69, 9.17) is 10.8 Å². The van der Waals surface area contributed by atoms with Gasteiger partial charge >= 0.3 is 5.97 Å². The molecule has 3 rings (SSSR count). The van der Waals surface area contributed by atoms with Crippen molar-refractivity contribution < 1.29 is 29.4 Å². The van der Waals surface area contributed by atoms with Gasteiger partial charge in [0, 0.05) is 22.2 Å². The predicted octanol–water partition coefficient (Wildman–Crippen LogP) is -0.594. The molecule has 0 aromatic carbocycles. The minimum Gasteiger partial charge on any atom is -0.477 e. The fourth-order valence-electron chi connectivity index (χ4n) is 2.67. The van der Waals surface area contributed by atoms with Crippen LogP contribution in [0.15, 0.2) is 27.2 Å². The number of aliphatic hydroxyl groups excluding tert-OH is 1. The van der Waals surface area contributed by atoms with Crippen molar-refractivity contribution in [1.29, 1.82) is 0 Å². The molecule has 30 heavy (non-hydrogen) atoms. The second-order valence-corrected chi connectivity index (χ2v) is 8.58. The van der Waals surface area contributed by atoms with Gasteiger partial charge in [0.15, 0.2) is 5.13 Å². The van der Waals surface area contributed by atoms with E-state index in [2.05, 4.69) is 24.7 Å². The van der Waals surface area contributed by atoms with E-state index in [1.807, 2.05) is 0 Å². The summed E-state index contributed by atoms with van der Waals surface area (Å²) >= 11 is 3.30. The van der Waals surface area contributed by atoms with Gasteiger partial charge in [-0.25, -0.2) is 4.79 Å². The number of nitrogens with zero attached hydrogens (tertiary/aromatic N) is 4. The molecule has 0 saturated carbocycles. The van der Waals surface area contributed by atoms with Crippen LogP contribution in [0.25, 0.3) is 0 Å². The summed E-state index contributed by atoms with van der Waals surface area (Å²) in [6, 6.07) is -0.950. The number of rotatable bonds is 8. The number of hydrogen-bond donors (Lipinski definition) is 4. The first kappa shape index (κ1) is 22.1. The molecule has 2 atom stereocenters. The Morgan fingerprint density at radius 2 is 2.30 bits per heavy atom. The number of carbonyl (C=O) groups excluding carboxylic acids is 2. The third-order valence-electron chi connectivity index (χ3n) is 3.89. The average molecular weight is 473 g/mol. The van der Waals surface area contributed by atoms with Crippen molar-refractivity contribution in [3.63, 3.8) is 0 Å². The van der Waals surface area contributed by atoms with Gasteiger partial charge in [0.25, 0.3) is 11.8 Å². The first-order chi connectivity index (χ1) is 14.4. The highest BCUT2D eigenvalue weighted by Crippen LogP contribution is 2.43. The molecular formula is C15H16N6O6S3. The lowest BCUT2D eigenvalue weighted by Gasteiger charge is -2.49. The summed E-state index contributed by atoms with van der Waals surface area (Å²) in [5, 5.41) is 25.7. The molecule has 1 unspecified atom stereocenters. The molecule has 1 aromatic heterocycles. The van der Waals surface area contributed by atoms with E-state index >= 15 is 0 Å². The Morgan fingerprint density at radius 1 is 1.53 bits per heavy atom. The Hall–Kier alpha value is -2.62. The van der Waals surface area contributed by atoms with Crippen LogP contribution in [0.2, 0.25) is 0 Å². The zero-order valence-corrected chi connectivity index (χ0v) is 17.8. The highest BCUT2D eigenvalue weighted by molar-refractivity contribution is 8.08. The lowest BCUT2D eigenvalue weighted by molar-refractivity contribution is -0.150. The van der Waals surface area contributed by atoms with Crippen LogP contribution in [0.4, 0.5) is 5.13 Å². The Labute approximate surface area is 182 Å². The number of thioether (sulfide) groups is 2. The van der Waals surface area contributed by atoms with Crippen molar-refractivity contribution >= 4 is 63.7 Å². The number of nitrogens with two attached hydrogens (primary N) is 1. The van der Waals surface area contributed by atoms with Crippen molar-refractivity contribution in [3.8, 4) is 0 Å². The Morgan fingerprint density at radius 3 is 2.90 bits per heavy atom. The van der Waals surface area contributed by atoms with Crippen LogP contribution in [-0.4, -0.2) is 78.9 Å². The first-order valence-corrected chi connectivity index (χ1v) is 10.9. The number of oxime groups is 1. The van der Waals surface area contributed by atoms with E-state index in [0.29, 0.717) is 10.7 Å². The molecule has 5 N–H and O–H groups in total. The highest BCUT2D eigenvalue weighted by Gasteiger charge is 2.54. The van der Waals surface area contributed by atoms with Gasteiger partial charge in [-0.2, -0.15) is 9.36 Å². The van der Waals surface area contributed by atoms with Gasteiger partial charge in [-0.05, 0) is 5.41 Å². The van der Waals surface area contributed by atoms with E-state index in [9.17, 15) is 19.5 Å². The maximum Gasteiger partial charge on any atom is 0.353 e. The van der Waals surface area contributed by atoms with Crippen molar-refractivity contribution in [2.45, 2.75) is 11.4 Å². The SMILES string of the molecule is CO/N=C(\C(=O)NC1C(=O)N2C(C(=O)O)=C(S/C=C\CO)CS[C@H]12)c1nsc(N)n1. The standard InChI is InChI=1S/C15H16N6O6S3/c1-27-19-7(10-18-15(16)30-20-10)11(23)17-8-12(24)21-9(14(25)26)6(5-29-13(8)21)28-4-2-3-22/h2,4,8,13,22H,3,5H2,1H3,(H,17,23)(H,25,26)(H2,16,18,20)/b4-2-,19-7-/t8?,13-/m1/s1. The molecular weight excluding hydrogens is 456 g/mol. The van der Waals surface area contributed by atoms with E-state index in [0.717, 1.165) is 28.2 Å². The number of aliphatic carboxylic acids is 1. The highest BCUT2D eigenvalue weighted by atomic mass is 32.2. The van der Waals surface area contributed by atoms with Crippen LogP contribution < -0.4 is 11.1 Å². The molecule has 1 saturated heterocycles. The van der Waals surface area contributed by atoms with E-state index in [-0.39, 0.29) is 29.0 Å². The Kier molecular flexibility index (Phi) is 6.96. The van der Waals surface area contributed by atoms with Gasteiger partial charge in [-0.15, -0.1) is 11.8 Å². The van der Waals surface area contributed by atoms with Crippen LogP contribution in [0.3, 0.4) is 0 Å². The maximum absolute atomic E-state index is 12.7. The summed E-state index contributed by atoms with van der Waals surface area (Å²) < 4.78 is 3.91. The number of nitrogen functional groups attached to an aromatic ring is 1. The number of amides is 2. The van der Waals surface area contributed by atoms with Crippen LogP contribution in [0.5, 0.6) is 0 Å². The molecule has 2 aliphatic heterocycles. The van der Waals surface area contributed by atoms with Crippen LogP contribution >= 0.6 is 35.1 Å². The molecule has 0 bridgehead atoms. The van der Waals surface area contributed by atoms with Crippen molar-refractivity contribution in [1.82, 2.24) is 19.6 Å². The van der Waals surface area contributed by atoms with Gasteiger partial charge in [0.1, 0.15) is 24.2 Å². The fourth-order valence-corrected chi connectivity index (χ4v) is 5.42. The normalized spacial score (nSPS) is 21.5. The number of carbonyl (C=O) groups is 3. The van der Waals surface area contributed by atoms with Crippen LogP contribution in [0.1, 0.15) is 5.82 Å². The van der Waals surface area contributed by atoms with Gasteiger partial charge in [0.05, 0.1) is 6.61 Å². The Bertz CT molecular complexity index is 960. The largest absolute Gasteiger partial charge is 0.477 e. The van der Waals surface area contributed by atoms with Crippen molar-refractivity contribution in [2.75, 3.05) is 25.2 Å². The average Bonchev–Trinajstić information content (AvgIpc) is 3.15. The van der Waals surface area contributed by atoms with Gasteiger partial charge in [-0.1, -0.05) is 23.0 Å². The zero-order chi connectivity index (χ0) is 21.8. The number of aliphatic hydroxyl groups is 1. The smallest absolute Gasteiger partial charge is 0.353 e. The molecule has 12 nitrogen and oxygen atoms in total. The number of fused-ring (bicyclic) bond motifs is 1. The third kappa shape index (κ3) is 4.28. The van der Waals surface area contributed by atoms with E-state index in [1.54, 1.807) is 5.41 Å². The van der Waals surface area contributed by atoms with Gasteiger partial charge in [-0.3, -0.25) is 14.5 Å². The summed E-state index contributed by atoms with van der Waals surface area (Å²) in [7, 11) is 1.24. The number of nitrogens with one attached hydrogen (secondary N) is 1. The number of aromatic nitrogens is 2. The van der Waals surface area contributed by atoms with E-state index in [1.165, 1.54) is 24.9 Å². The number of carboxylic acid groups (broad SMARTS) is 1. The van der Waals surface area contributed by atoms with Crippen LogP contribution in [-0.2, 0) is 19.2 Å². The quantitative estimate of drug-likeness (QED) is 0.216. The number of hydrogen-bond acceptors (Lipinski definition) is 12. The molecule has 2 aliphatic rings. The van der Waals surface area contributed by atoms with Gasteiger partial charge in [0.2, 0.25) is 11.5 Å². The monoisotopic (exact) mass is 472 g/mol. The summed E-state index contributed by atoms with van der Waals surface area (Å²) in [6.45, 7) is -0.180. The number of carboxylic acids is 1.